The number of nitrogens with one attached hydrogen (secondary N) is 1. The number of hydrogen-bond acceptors (Lipinski definition) is 6. The smallest absolute Gasteiger partial charge is 0.339 e. The molecular formula is C21H20N4O4. The van der Waals surface area contributed by atoms with Crippen LogP contribution >= 0.6 is 0 Å². The summed E-state index contributed by atoms with van der Waals surface area (Å²) in [7, 11) is 2.93. The number of esters is 1. The summed E-state index contributed by atoms with van der Waals surface area (Å²) in [5.41, 5.74) is 3.40. The molecule has 3 aromatic rings. The van der Waals surface area contributed by atoms with E-state index in [-0.39, 0.29) is 17.5 Å². The van der Waals surface area contributed by atoms with E-state index in [1.165, 1.54) is 25.4 Å². The van der Waals surface area contributed by atoms with Crippen LogP contribution in [0.15, 0.2) is 48.9 Å². The van der Waals surface area contributed by atoms with E-state index in [0.29, 0.717) is 18.7 Å². The molecule has 1 unspecified atom stereocenters. The van der Waals surface area contributed by atoms with Gasteiger partial charge < -0.3 is 19.4 Å². The predicted molar refractivity (Wildman–Crippen MR) is 104 cm³/mol. The number of aromatic nitrogens is 3. The van der Waals surface area contributed by atoms with E-state index in [2.05, 4.69) is 19.7 Å². The second-order valence-electron chi connectivity index (χ2n) is 6.70. The molecule has 29 heavy (non-hydrogen) atoms. The molecular weight excluding hydrogens is 372 g/mol. The molecule has 4 rings (SSSR count). The van der Waals surface area contributed by atoms with E-state index in [9.17, 15) is 9.59 Å². The number of hydrogen-bond donors (Lipinski definition) is 1. The highest BCUT2D eigenvalue weighted by Gasteiger charge is 2.32. The number of rotatable bonds is 4. The molecule has 3 heterocycles. The van der Waals surface area contributed by atoms with E-state index in [1.54, 1.807) is 18.3 Å². The predicted octanol–water partition coefficient (Wildman–Crippen LogP) is 2.39. The summed E-state index contributed by atoms with van der Waals surface area (Å²) in [6, 6.07) is 10.8. The fourth-order valence-corrected chi connectivity index (χ4v) is 3.52. The van der Waals surface area contributed by atoms with Gasteiger partial charge in [-0.1, -0.05) is 12.1 Å². The van der Waals surface area contributed by atoms with Gasteiger partial charge >= 0.3 is 5.97 Å². The first-order valence-electron chi connectivity index (χ1n) is 9.10. The van der Waals surface area contributed by atoms with Crippen molar-refractivity contribution in [2.75, 3.05) is 20.8 Å². The second-order valence-corrected chi connectivity index (χ2v) is 6.70. The van der Waals surface area contributed by atoms with Crippen molar-refractivity contribution >= 4 is 11.9 Å². The Morgan fingerprint density at radius 3 is 2.76 bits per heavy atom. The summed E-state index contributed by atoms with van der Waals surface area (Å²) in [5, 5.41) is 0. The highest BCUT2D eigenvalue weighted by Crippen LogP contribution is 2.33. The number of benzene rings is 1. The lowest BCUT2D eigenvalue weighted by atomic mass is 9.90. The maximum absolute atomic E-state index is 13.1. The fraction of sp³-hybridized carbons (Fsp3) is 0.238. The molecule has 0 fully saturated rings. The van der Waals surface area contributed by atoms with Crippen LogP contribution in [-0.4, -0.2) is 52.5 Å². The van der Waals surface area contributed by atoms with Crippen LogP contribution in [0.3, 0.4) is 0 Å². The van der Waals surface area contributed by atoms with Crippen LogP contribution in [0.2, 0.25) is 0 Å². The lowest BCUT2D eigenvalue weighted by Crippen LogP contribution is -2.39. The number of amides is 1. The lowest BCUT2D eigenvalue weighted by Gasteiger charge is -2.32. The molecule has 0 bridgehead atoms. The Balaban J connectivity index is 1.62. The van der Waals surface area contributed by atoms with Gasteiger partial charge in [0, 0.05) is 18.7 Å². The Kier molecular flexibility index (Phi) is 4.99. The van der Waals surface area contributed by atoms with Crippen molar-refractivity contribution in [3.8, 4) is 5.75 Å². The first kappa shape index (κ1) is 18.7. The minimum absolute atomic E-state index is 0.0848. The van der Waals surface area contributed by atoms with Crippen LogP contribution in [0.1, 0.15) is 43.7 Å². The van der Waals surface area contributed by atoms with Crippen LogP contribution < -0.4 is 4.74 Å². The highest BCUT2D eigenvalue weighted by molar-refractivity contribution is 5.94. The van der Waals surface area contributed by atoms with E-state index >= 15 is 0 Å². The molecule has 0 saturated heterocycles. The number of methoxy groups -OCH3 is 2. The molecule has 8 nitrogen and oxygen atoms in total. The van der Waals surface area contributed by atoms with Crippen molar-refractivity contribution in [1.82, 2.24) is 19.9 Å². The van der Waals surface area contributed by atoms with E-state index < -0.39 is 5.97 Å². The van der Waals surface area contributed by atoms with E-state index in [0.717, 1.165) is 22.7 Å². The Hall–Kier alpha value is -3.68. The zero-order chi connectivity index (χ0) is 20.4. The third-order valence-electron chi connectivity index (χ3n) is 5.02. The number of ether oxygens (including phenoxy) is 2. The summed E-state index contributed by atoms with van der Waals surface area (Å²) in [6.07, 6.45) is 3.00. The number of H-pyrrole nitrogens is 1. The Labute approximate surface area is 167 Å². The minimum Gasteiger partial charge on any atom is -0.497 e. The molecule has 0 saturated carbocycles. The van der Waals surface area contributed by atoms with Gasteiger partial charge in [-0.25, -0.2) is 9.78 Å². The van der Waals surface area contributed by atoms with Gasteiger partial charge in [0.25, 0.3) is 5.91 Å². The van der Waals surface area contributed by atoms with Crippen molar-refractivity contribution in [2.45, 2.75) is 12.5 Å². The highest BCUT2D eigenvalue weighted by atomic mass is 16.5. The summed E-state index contributed by atoms with van der Waals surface area (Å²) >= 11 is 0. The molecule has 1 amide bonds. The van der Waals surface area contributed by atoms with Crippen molar-refractivity contribution in [3.63, 3.8) is 0 Å². The molecule has 1 aromatic carbocycles. The van der Waals surface area contributed by atoms with Gasteiger partial charge in [-0.3, -0.25) is 9.78 Å². The van der Waals surface area contributed by atoms with Crippen molar-refractivity contribution in [1.29, 1.82) is 0 Å². The van der Waals surface area contributed by atoms with E-state index in [1.807, 2.05) is 24.3 Å². The summed E-state index contributed by atoms with van der Waals surface area (Å²) < 4.78 is 10.0. The van der Waals surface area contributed by atoms with Crippen LogP contribution in [0, 0.1) is 0 Å². The quantitative estimate of drug-likeness (QED) is 0.685. The fourth-order valence-electron chi connectivity index (χ4n) is 3.52. The molecule has 8 heteroatoms. The maximum Gasteiger partial charge on any atom is 0.339 e. The van der Waals surface area contributed by atoms with Crippen LogP contribution in [0.5, 0.6) is 5.75 Å². The topological polar surface area (TPSA) is 97.4 Å². The minimum atomic E-state index is -0.491. The monoisotopic (exact) mass is 392 g/mol. The molecule has 1 aliphatic rings. The average molecular weight is 392 g/mol. The van der Waals surface area contributed by atoms with Crippen molar-refractivity contribution < 1.29 is 19.1 Å². The maximum atomic E-state index is 13.1. The molecule has 0 aliphatic carbocycles. The van der Waals surface area contributed by atoms with E-state index in [4.69, 9.17) is 4.74 Å². The van der Waals surface area contributed by atoms with Gasteiger partial charge in [0.05, 0.1) is 44.0 Å². The number of imidazole rings is 1. The lowest BCUT2D eigenvalue weighted by molar-refractivity contribution is 0.0598. The number of fused-ring (bicyclic) bond motifs is 1. The number of aromatic amines is 1. The third-order valence-corrected chi connectivity index (χ3v) is 5.02. The van der Waals surface area contributed by atoms with Crippen molar-refractivity contribution in [2.24, 2.45) is 0 Å². The van der Waals surface area contributed by atoms with Crippen LogP contribution in [0.4, 0.5) is 0 Å². The third kappa shape index (κ3) is 3.56. The molecule has 1 atom stereocenters. The zero-order valence-electron chi connectivity index (χ0n) is 16.1. The standard InChI is InChI=1S/C21H20N4O4/c1-28-15-5-3-4-13(8-15)16-10-25(11-18-19(16)24-12-23-18)20(26)17-7-6-14(9-22-17)21(27)29-2/h3-9,12,16H,10-11H2,1-2H3,(H,23,24). The van der Waals surface area contributed by atoms with Crippen LogP contribution in [0.25, 0.3) is 0 Å². The zero-order valence-corrected chi connectivity index (χ0v) is 16.1. The Morgan fingerprint density at radius 1 is 1.17 bits per heavy atom. The van der Waals surface area contributed by atoms with Gasteiger partial charge in [0.2, 0.25) is 0 Å². The molecule has 1 aliphatic heterocycles. The number of nitrogens with zero attached hydrogens (tertiary/aromatic N) is 3. The van der Waals surface area contributed by atoms with Crippen molar-refractivity contribution in [3.05, 3.63) is 77.1 Å². The first-order valence-corrected chi connectivity index (χ1v) is 9.10. The largest absolute Gasteiger partial charge is 0.497 e. The molecule has 1 N–H and O–H groups in total. The van der Waals surface area contributed by atoms with Gasteiger partial charge in [-0.15, -0.1) is 0 Å². The second kappa shape index (κ2) is 7.75. The summed E-state index contributed by atoms with van der Waals surface area (Å²) in [5.74, 6) is -0.0364. The molecule has 0 spiro atoms. The first-order chi connectivity index (χ1) is 14.1. The Bertz CT molecular complexity index is 1040. The van der Waals surface area contributed by atoms with Gasteiger partial charge in [0.1, 0.15) is 11.4 Å². The van der Waals surface area contributed by atoms with Crippen LogP contribution in [-0.2, 0) is 11.3 Å². The van der Waals surface area contributed by atoms with Gasteiger partial charge in [-0.05, 0) is 29.8 Å². The number of pyridine rings is 1. The average Bonchev–Trinajstić information content (AvgIpc) is 3.26. The SMILES string of the molecule is COC(=O)c1ccc(C(=O)N2Cc3[nH]cnc3C(c3cccc(OC)c3)C2)nc1. The molecule has 148 valence electrons. The molecule has 2 aromatic heterocycles. The number of carbonyl (C=O) groups is 2. The Morgan fingerprint density at radius 2 is 2.03 bits per heavy atom. The normalized spacial score (nSPS) is 15.5. The van der Waals surface area contributed by atoms with Gasteiger partial charge in [0.15, 0.2) is 0 Å². The molecule has 0 radical (unpaired) electrons. The number of carbonyl (C=O) groups excluding carboxylic acids is 2. The summed E-state index contributed by atoms with van der Waals surface area (Å²) in [6.45, 7) is 0.874. The summed E-state index contributed by atoms with van der Waals surface area (Å²) in [4.78, 5) is 38.1. The van der Waals surface area contributed by atoms with Gasteiger partial charge in [-0.2, -0.15) is 0 Å².